The van der Waals surface area contributed by atoms with Crippen LogP contribution in [0, 0.1) is 12.8 Å². The number of oxazole rings is 1. The molecule has 1 amide bonds. The molecule has 0 saturated carbocycles. The van der Waals surface area contributed by atoms with Gasteiger partial charge in [-0.2, -0.15) is 0 Å². The van der Waals surface area contributed by atoms with E-state index in [4.69, 9.17) is 22.4 Å². The van der Waals surface area contributed by atoms with Gasteiger partial charge in [-0.05, 0) is 12.8 Å². The molecule has 16 heavy (non-hydrogen) atoms. The number of aryl methyl sites for hydroxylation is 1. The number of carbonyl (C=O) groups is 1. The zero-order chi connectivity index (χ0) is 12.3. The number of nitrogens with one attached hydrogen (secondary N) is 1. The Labute approximate surface area is 99.4 Å². The Bertz CT molecular complexity index is 401. The van der Waals surface area contributed by atoms with E-state index in [9.17, 15) is 4.79 Å². The van der Waals surface area contributed by atoms with Gasteiger partial charge in [-0.1, -0.05) is 26.1 Å². The van der Waals surface area contributed by atoms with Crippen LogP contribution >= 0.6 is 12.2 Å². The molecular formula is C10H15N3O2S. The third-order valence-electron chi connectivity index (χ3n) is 2.21. The standard InChI is InChI=1S/C10H15N3O2S/c1-5(2)7(9(11)16)13-10(14)8-6(3)12-4-15-8/h4-5,7H,1-3H3,(H2,11,16)(H,13,14). The topological polar surface area (TPSA) is 81.2 Å². The van der Waals surface area contributed by atoms with E-state index in [1.165, 1.54) is 6.39 Å². The van der Waals surface area contributed by atoms with Crippen LogP contribution in [-0.2, 0) is 0 Å². The van der Waals surface area contributed by atoms with Gasteiger partial charge in [-0.3, -0.25) is 4.79 Å². The second-order valence-corrected chi connectivity index (χ2v) is 4.34. The molecule has 0 radical (unpaired) electrons. The molecule has 0 aromatic carbocycles. The van der Waals surface area contributed by atoms with Crippen LogP contribution in [0.1, 0.15) is 30.1 Å². The molecule has 0 fully saturated rings. The van der Waals surface area contributed by atoms with E-state index in [2.05, 4.69) is 10.3 Å². The Morgan fingerprint density at radius 2 is 2.25 bits per heavy atom. The highest BCUT2D eigenvalue weighted by atomic mass is 32.1. The summed E-state index contributed by atoms with van der Waals surface area (Å²) in [4.78, 5) is 15.9. The summed E-state index contributed by atoms with van der Waals surface area (Å²) in [5.74, 6) is -0.0203. The maximum atomic E-state index is 11.8. The molecule has 1 aromatic rings. The van der Waals surface area contributed by atoms with Gasteiger partial charge >= 0.3 is 0 Å². The molecule has 5 nitrogen and oxygen atoms in total. The Kier molecular flexibility index (Phi) is 4.00. The largest absolute Gasteiger partial charge is 0.438 e. The van der Waals surface area contributed by atoms with Crippen LogP contribution in [0.3, 0.4) is 0 Å². The number of nitrogens with two attached hydrogens (primary N) is 1. The minimum absolute atomic E-state index is 0.129. The van der Waals surface area contributed by atoms with Crippen molar-refractivity contribution in [3.8, 4) is 0 Å². The van der Waals surface area contributed by atoms with Gasteiger partial charge in [0.15, 0.2) is 6.39 Å². The second-order valence-electron chi connectivity index (χ2n) is 3.86. The van der Waals surface area contributed by atoms with Gasteiger partial charge in [0, 0.05) is 0 Å². The molecule has 0 aliphatic carbocycles. The predicted molar refractivity (Wildman–Crippen MR) is 64.1 cm³/mol. The average molecular weight is 241 g/mol. The number of hydrogen-bond acceptors (Lipinski definition) is 4. The van der Waals surface area contributed by atoms with Gasteiger partial charge in [0.25, 0.3) is 5.91 Å². The Morgan fingerprint density at radius 3 is 2.62 bits per heavy atom. The molecule has 88 valence electrons. The van der Waals surface area contributed by atoms with Crippen molar-refractivity contribution in [3.05, 3.63) is 17.8 Å². The second kappa shape index (κ2) is 5.07. The molecule has 0 bridgehead atoms. The number of hydrogen-bond donors (Lipinski definition) is 2. The SMILES string of the molecule is Cc1ncoc1C(=O)NC(C(N)=S)C(C)C. The normalized spacial score (nSPS) is 12.5. The van der Waals surface area contributed by atoms with Crippen LogP contribution in [0.25, 0.3) is 0 Å². The van der Waals surface area contributed by atoms with Crippen LogP contribution in [0.4, 0.5) is 0 Å². The van der Waals surface area contributed by atoms with E-state index in [0.717, 1.165) is 0 Å². The first kappa shape index (κ1) is 12.6. The maximum Gasteiger partial charge on any atom is 0.289 e. The average Bonchev–Trinajstić information content (AvgIpc) is 2.59. The van der Waals surface area contributed by atoms with Crippen molar-refractivity contribution in [1.82, 2.24) is 10.3 Å². The maximum absolute atomic E-state index is 11.8. The fourth-order valence-corrected chi connectivity index (χ4v) is 1.62. The van der Waals surface area contributed by atoms with Gasteiger partial charge in [0.2, 0.25) is 5.76 Å². The van der Waals surface area contributed by atoms with Crippen molar-refractivity contribution in [2.24, 2.45) is 11.7 Å². The van der Waals surface area contributed by atoms with E-state index in [1.807, 2.05) is 13.8 Å². The van der Waals surface area contributed by atoms with Crippen molar-refractivity contribution < 1.29 is 9.21 Å². The summed E-state index contributed by atoms with van der Waals surface area (Å²) in [6.07, 6.45) is 1.23. The van der Waals surface area contributed by atoms with Gasteiger partial charge in [0.05, 0.1) is 16.7 Å². The first-order chi connectivity index (χ1) is 7.43. The van der Waals surface area contributed by atoms with Crippen LogP contribution < -0.4 is 11.1 Å². The summed E-state index contributed by atoms with van der Waals surface area (Å²) < 4.78 is 4.98. The highest BCUT2D eigenvalue weighted by Gasteiger charge is 2.22. The molecule has 1 aromatic heterocycles. The lowest BCUT2D eigenvalue weighted by molar-refractivity contribution is 0.0911. The quantitative estimate of drug-likeness (QED) is 0.769. The zero-order valence-electron chi connectivity index (χ0n) is 9.48. The molecule has 0 saturated heterocycles. The number of thiocarbonyl (C=S) groups is 1. The van der Waals surface area contributed by atoms with Crippen LogP contribution in [-0.4, -0.2) is 21.9 Å². The van der Waals surface area contributed by atoms with E-state index in [0.29, 0.717) is 5.69 Å². The molecule has 1 heterocycles. The van der Waals surface area contributed by atoms with E-state index >= 15 is 0 Å². The lowest BCUT2D eigenvalue weighted by Crippen LogP contribution is -2.46. The highest BCUT2D eigenvalue weighted by molar-refractivity contribution is 7.80. The fraction of sp³-hybridized carbons (Fsp3) is 0.500. The van der Waals surface area contributed by atoms with Crippen molar-refractivity contribution >= 4 is 23.1 Å². The van der Waals surface area contributed by atoms with Crippen molar-refractivity contribution in [3.63, 3.8) is 0 Å². The first-order valence-electron chi connectivity index (χ1n) is 4.93. The van der Waals surface area contributed by atoms with Crippen LogP contribution in [0.15, 0.2) is 10.8 Å². The molecule has 0 aliphatic heterocycles. The smallest absolute Gasteiger partial charge is 0.289 e. The van der Waals surface area contributed by atoms with E-state index in [-0.39, 0.29) is 28.6 Å². The zero-order valence-corrected chi connectivity index (χ0v) is 10.3. The summed E-state index contributed by atoms with van der Waals surface area (Å²) in [6, 6.07) is -0.341. The highest BCUT2D eigenvalue weighted by Crippen LogP contribution is 2.08. The molecule has 1 atom stereocenters. The van der Waals surface area contributed by atoms with Crippen molar-refractivity contribution in [2.75, 3.05) is 0 Å². The fourth-order valence-electron chi connectivity index (χ4n) is 1.29. The van der Waals surface area contributed by atoms with Gasteiger partial charge < -0.3 is 15.5 Å². The Balaban J connectivity index is 2.77. The predicted octanol–water partition coefficient (Wildman–Crippen LogP) is 1.02. The molecule has 0 spiro atoms. The number of amides is 1. The van der Waals surface area contributed by atoms with Crippen molar-refractivity contribution in [2.45, 2.75) is 26.8 Å². The summed E-state index contributed by atoms with van der Waals surface area (Å²) in [7, 11) is 0. The monoisotopic (exact) mass is 241 g/mol. The molecule has 1 rings (SSSR count). The molecular weight excluding hydrogens is 226 g/mol. The van der Waals surface area contributed by atoms with E-state index < -0.39 is 0 Å². The summed E-state index contributed by atoms with van der Waals surface area (Å²) in [5.41, 5.74) is 6.09. The van der Waals surface area contributed by atoms with Gasteiger partial charge in [-0.15, -0.1) is 0 Å². The van der Waals surface area contributed by atoms with Crippen LogP contribution in [0.2, 0.25) is 0 Å². The number of nitrogens with zero attached hydrogens (tertiary/aromatic N) is 1. The Morgan fingerprint density at radius 1 is 1.62 bits per heavy atom. The van der Waals surface area contributed by atoms with Crippen LogP contribution in [0.5, 0.6) is 0 Å². The molecule has 6 heteroatoms. The minimum Gasteiger partial charge on any atom is -0.438 e. The first-order valence-corrected chi connectivity index (χ1v) is 5.34. The van der Waals surface area contributed by atoms with Gasteiger partial charge in [-0.25, -0.2) is 4.98 Å². The molecule has 3 N–H and O–H groups in total. The van der Waals surface area contributed by atoms with E-state index in [1.54, 1.807) is 6.92 Å². The number of aromatic nitrogens is 1. The lowest BCUT2D eigenvalue weighted by Gasteiger charge is -2.20. The lowest BCUT2D eigenvalue weighted by atomic mass is 10.0. The molecule has 0 aliphatic rings. The number of rotatable bonds is 4. The summed E-state index contributed by atoms with van der Waals surface area (Å²) >= 11 is 4.89. The summed E-state index contributed by atoms with van der Waals surface area (Å²) in [6.45, 7) is 5.55. The minimum atomic E-state index is -0.346. The number of carbonyl (C=O) groups excluding carboxylic acids is 1. The third-order valence-corrected chi connectivity index (χ3v) is 2.47. The molecule has 1 unspecified atom stereocenters. The van der Waals surface area contributed by atoms with Gasteiger partial charge in [0.1, 0.15) is 0 Å². The third kappa shape index (κ3) is 2.79. The Hall–Kier alpha value is -1.43. The summed E-state index contributed by atoms with van der Waals surface area (Å²) in [5, 5.41) is 2.72. The van der Waals surface area contributed by atoms with Crippen molar-refractivity contribution in [1.29, 1.82) is 0 Å².